The molecule has 0 aliphatic carbocycles. The van der Waals surface area contributed by atoms with Gasteiger partial charge in [0, 0.05) is 26.1 Å². The highest BCUT2D eigenvalue weighted by molar-refractivity contribution is 5.86. The van der Waals surface area contributed by atoms with Crippen LogP contribution >= 0.6 is 0 Å². The van der Waals surface area contributed by atoms with Crippen molar-refractivity contribution in [3.05, 3.63) is 83.9 Å². The maximum atomic E-state index is 13.7. The number of aliphatic hydroxyl groups excluding tert-OH is 1. The normalized spacial score (nSPS) is 22.3. The van der Waals surface area contributed by atoms with Crippen LogP contribution in [0, 0.1) is 11.8 Å². The molecule has 39 heavy (non-hydrogen) atoms. The second-order valence-electron chi connectivity index (χ2n) is 10.6. The lowest BCUT2D eigenvalue weighted by Gasteiger charge is -2.30. The molecular weight excluding hydrogens is 492 g/mol. The fourth-order valence-corrected chi connectivity index (χ4v) is 5.54. The van der Waals surface area contributed by atoms with Gasteiger partial charge in [-0.05, 0) is 49.7 Å². The third-order valence-corrected chi connectivity index (χ3v) is 7.71. The summed E-state index contributed by atoms with van der Waals surface area (Å²) in [6, 6.07) is 19.5. The average Bonchev–Trinajstić information content (AvgIpc) is 3.43. The molecule has 0 saturated carbocycles. The van der Waals surface area contributed by atoms with Gasteiger partial charge in [-0.2, -0.15) is 0 Å². The van der Waals surface area contributed by atoms with Gasteiger partial charge in [-0.3, -0.25) is 14.4 Å². The fraction of sp³-hybridized carbons (Fsp3) is 0.469. The Hall–Kier alpha value is -3.45. The van der Waals surface area contributed by atoms with Crippen LogP contribution in [-0.2, 0) is 32.1 Å². The molecule has 2 aromatic rings. The highest BCUT2D eigenvalue weighted by atomic mass is 16.5. The van der Waals surface area contributed by atoms with Crippen molar-refractivity contribution < 1.29 is 24.2 Å². The van der Waals surface area contributed by atoms with Crippen LogP contribution in [0.3, 0.4) is 0 Å². The van der Waals surface area contributed by atoms with Crippen molar-refractivity contribution in [1.82, 2.24) is 9.80 Å². The van der Waals surface area contributed by atoms with Gasteiger partial charge in [0.05, 0.1) is 24.5 Å². The molecule has 0 radical (unpaired) electrons. The van der Waals surface area contributed by atoms with Gasteiger partial charge in [-0.25, -0.2) is 0 Å². The first-order valence-corrected chi connectivity index (χ1v) is 14.1. The Labute approximate surface area is 231 Å². The molecular formula is C32H40N2O5. The van der Waals surface area contributed by atoms with Crippen molar-refractivity contribution in [3.8, 4) is 0 Å². The molecule has 2 heterocycles. The second kappa shape index (κ2) is 14.6. The molecule has 208 valence electrons. The van der Waals surface area contributed by atoms with Gasteiger partial charge in [0.1, 0.15) is 6.61 Å². The highest BCUT2D eigenvalue weighted by Crippen LogP contribution is 2.26. The minimum atomic E-state index is -0.497. The molecule has 1 saturated heterocycles. The first-order valence-electron chi connectivity index (χ1n) is 14.1. The summed E-state index contributed by atoms with van der Waals surface area (Å²) >= 11 is 0. The predicted octanol–water partition coefficient (Wildman–Crippen LogP) is 4.15. The van der Waals surface area contributed by atoms with E-state index in [4.69, 9.17) is 4.74 Å². The van der Waals surface area contributed by atoms with Crippen molar-refractivity contribution in [2.24, 2.45) is 11.8 Å². The van der Waals surface area contributed by atoms with Gasteiger partial charge in [0.25, 0.3) is 0 Å². The molecule has 4 rings (SSSR count). The topological polar surface area (TPSA) is 87.2 Å². The molecule has 1 fully saturated rings. The number of benzene rings is 2. The number of aliphatic hydroxyl groups is 1. The van der Waals surface area contributed by atoms with E-state index in [1.807, 2.05) is 77.7 Å². The third kappa shape index (κ3) is 8.27. The minimum Gasteiger partial charge on any atom is -0.463 e. The van der Waals surface area contributed by atoms with Gasteiger partial charge in [0.15, 0.2) is 0 Å². The molecule has 3 atom stereocenters. The molecule has 0 spiro atoms. The van der Waals surface area contributed by atoms with Gasteiger partial charge in [0.2, 0.25) is 11.8 Å². The largest absolute Gasteiger partial charge is 0.463 e. The highest BCUT2D eigenvalue weighted by Gasteiger charge is 2.35. The van der Waals surface area contributed by atoms with Crippen molar-refractivity contribution in [2.45, 2.75) is 57.5 Å². The van der Waals surface area contributed by atoms with Gasteiger partial charge in [-0.1, -0.05) is 72.8 Å². The lowest BCUT2D eigenvalue weighted by molar-refractivity contribution is -0.152. The summed E-state index contributed by atoms with van der Waals surface area (Å²) in [4.78, 5) is 43.6. The summed E-state index contributed by atoms with van der Waals surface area (Å²) in [5, 5.41) is 9.59. The van der Waals surface area contributed by atoms with Crippen LogP contribution < -0.4 is 0 Å². The van der Waals surface area contributed by atoms with Gasteiger partial charge in [-0.15, -0.1) is 0 Å². The molecule has 7 heteroatoms. The number of fused-ring (bicyclic) bond motifs is 1. The predicted molar refractivity (Wildman–Crippen MR) is 149 cm³/mol. The van der Waals surface area contributed by atoms with Crippen LogP contribution in [0.5, 0.6) is 0 Å². The molecule has 1 N–H and O–H groups in total. The smallest absolute Gasteiger partial charge is 0.309 e. The summed E-state index contributed by atoms with van der Waals surface area (Å²) < 4.78 is 5.80. The number of carbonyl (C=O) groups is 3. The minimum absolute atomic E-state index is 0.0599. The Morgan fingerprint density at radius 2 is 1.67 bits per heavy atom. The zero-order valence-electron chi connectivity index (χ0n) is 22.6. The van der Waals surface area contributed by atoms with Crippen LogP contribution in [0.4, 0.5) is 0 Å². The Bertz CT molecular complexity index is 1100. The van der Waals surface area contributed by atoms with E-state index in [0.29, 0.717) is 38.8 Å². The zero-order valence-corrected chi connectivity index (χ0v) is 22.6. The van der Waals surface area contributed by atoms with Crippen molar-refractivity contribution in [1.29, 1.82) is 0 Å². The van der Waals surface area contributed by atoms with Gasteiger partial charge >= 0.3 is 5.97 Å². The number of cyclic esters (lactones) is 1. The summed E-state index contributed by atoms with van der Waals surface area (Å²) in [5.74, 6) is -1.16. The van der Waals surface area contributed by atoms with Crippen LogP contribution in [0.1, 0.15) is 49.7 Å². The van der Waals surface area contributed by atoms with Crippen molar-refractivity contribution >= 4 is 17.8 Å². The maximum Gasteiger partial charge on any atom is 0.309 e. The van der Waals surface area contributed by atoms with E-state index in [1.165, 1.54) is 0 Å². The molecule has 7 nitrogen and oxygen atoms in total. The molecule has 2 aromatic carbocycles. The Morgan fingerprint density at radius 1 is 0.949 bits per heavy atom. The molecule has 0 aromatic heterocycles. The standard InChI is InChI=1S/C32H40N2O5/c35-20-19-33(23-26-13-6-2-7-14-26)30(36)22-27-15-8-3-9-16-28(21-25-11-4-1-5-12-25)32(38)39-24-29-17-10-18-34(29)31(27)37/h1-8,11-14,27-29,35H,9-10,15-24H2. The van der Waals surface area contributed by atoms with Crippen LogP contribution in [0.15, 0.2) is 72.8 Å². The fourth-order valence-electron chi connectivity index (χ4n) is 5.54. The zero-order chi connectivity index (χ0) is 27.5. The lowest BCUT2D eigenvalue weighted by Crippen LogP contribution is -2.44. The number of hydrogen-bond acceptors (Lipinski definition) is 5. The number of hydrogen-bond donors (Lipinski definition) is 1. The van der Waals surface area contributed by atoms with E-state index in [2.05, 4.69) is 0 Å². The molecule has 3 unspecified atom stereocenters. The van der Waals surface area contributed by atoms with E-state index in [0.717, 1.165) is 24.0 Å². The average molecular weight is 533 g/mol. The maximum absolute atomic E-state index is 13.7. The molecule has 2 aliphatic heterocycles. The number of allylic oxidation sites excluding steroid dienone is 2. The second-order valence-corrected chi connectivity index (χ2v) is 10.6. The number of ether oxygens (including phenoxy) is 1. The van der Waals surface area contributed by atoms with E-state index in [-0.39, 0.29) is 55.9 Å². The van der Waals surface area contributed by atoms with E-state index < -0.39 is 5.92 Å². The number of rotatable bonds is 8. The van der Waals surface area contributed by atoms with Crippen LogP contribution in [-0.4, -0.2) is 65.0 Å². The van der Waals surface area contributed by atoms with Crippen molar-refractivity contribution in [3.63, 3.8) is 0 Å². The van der Waals surface area contributed by atoms with E-state index in [1.54, 1.807) is 4.90 Å². The van der Waals surface area contributed by atoms with Crippen LogP contribution in [0.25, 0.3) is 0 Å². The summed E-state index contributed by atoms with van der Waals surface area (Å²) in [6.45, 7) is 1.26. The number of esters is 1. The third-order valence-electron chi connectivity index (χ3n) is 7.71. The number of nitrogens with zero attached hydrogens (tertiary/aromatic N) is 2. The first kappa shape index (κ1) is 28.6. The monoisotopic (exact) mass is 532 g/mol. The molecule has 2 amide bonds. The Morgan fingerprint density at radius 3 is 2.38 bits per heavy atom. The number of amides is 2. The van der Waals surface area contributed by atoms with Crippen molar-refractivity contribution in [2.75, 3.05) is 26.3 Å². The lowest BCUT2D eigenvalue weighted by atomic mass is 9.94. The Kier molecular flexibility index (Phi) is 10.7. The number of carbonyl (C=O) groups excluding carboxylic acids is 3. The Balaban J connectivity index is 1.47. The van der Waals surface area contributed by atoms with E-state index in [9.17, 15) is 19.5 Å². The SMILES string of the molecule is O=C1OCC2CCCN2C(=O)C(CC(=O)N(CCO)Cc2ccccc2)CC=CCCC1Cc1ccccc1. The van der Waals surface area contributed by atoms with E-state index >= 15 is 0 Å². The summed E-state index contributed by atoms with van der Waals surface area (Å²) in [5.41, 5.74) is 2.08. The van der Waals surface area contributed by atoms with Gasteiger partial charge < -0.3 is 19.6 Å². The molecule has 2 aliphatic rings. The summed E-state index contributed by atoms with van der Waals surface area (Å²) in [7, 11) is 0. The summed E-state index contributed by atoms with van der Waals surface area (Å²) in [6.07, 6.45) is 8.16. The first-order chi connectivity index (χ1) is 19.0. The molecule has 0 bridgehead atoms. The van der Waals surface area contributed by atoms with Crippen LogP contribution in [0.2, 0.25) is 0 Å². The quantitative estimate of drug-likeness (QED) is 0.408.